The van der Waals surface area contributed by atoms with Gasteiger partial charge in [0.25, 0.3) is 0 Å². The summed E-state index contributed by atoms with van der Waals surface area (Å²) >= 11 is 0. The number of ketones is 1. The van der Waals surface area contributed by atoms with Crippen LogP contribution in [0.4, 0.5) is 4.39 Å². The molecule has 1 saturated heterocycles. The summed E-state index contributed by atoms with van der Waals surface area (Å²) in [4.78, 5) is 13.6. The van der Waals surface area contributed by atoms with Gasteiger partial charge in [-0.2, -0.15) is 0 Å². The minimum Gasteiger partial charge on any atom is -0.362 e. The van der Waals surface area contributed by atoms with E-state index >= 15 is 0 Å². The van der Waals surface area contributed by atoms with E-state index in [2.05, 4.69) is 12.1 Å². The van der Waals surface area contributed by atoms with Gasteiger partial charge in [-0.15, -0.1) is 0 Å². The van der Waals surface area contributed by atoms with E-state index in [4.69, 9.17) is 4.74 Å². The summed E-state index contributed by atoms with van der Waals surface area (Å²) in [7, 11) is 0. The van der Waals surface area contributed by atoms with Gasteiger partial charge in [0.05, 0.1) is 13.2 Å². The second-order valence-corrected chi connectivity index (χ2v) is 6.26. The minimum absolute atomic E-state index is 0.0854. The van der Waals surface area contributed by atoms with Crippen LogP contribution in [0, 0.1) is 5.82 Å². The van der Waals surface area contributed by atoms with Crippen molar-refractivity contribution in [1.82, 2.24) is 0 Å². The van der Waals surface area contributed by atoms with Crippen molar-refractivity contribution in [2.24, 2.45) is 0 Å². The number of halogens is 1. The molecule has 0 bridgehead atoms. The van der Waals surface area contributed by atoms with Gasteiger partial charge in [-0.3, -0.25) is 4.79 Å². The molecule has 2 atom stereocenters. The highest BCUT2D eigenvalue weighted by Gasteiger charge is 2.24. The average Bonchev–Trinajstić information content (AvgIpc) is 2.63. The lowest BCUT2D eigenvalue weighted by molar-refractivity contribution is -0.912. The maximum Gasteiger partial charge on any atom is 0.163 e. The van der Waals surface area contributed by atoms with Crippen LogP contribution in [0.25, 0.3) is 0 Å². The first kappa shape index (κ1) is 16.8. The summed E-state index contributed by atoms with van der Waals surface area (Å²) in [5.41, 5.74) is 1.81. The molecule has 0 spiro atoms. The van der Waals surface area contributed by atoms with Crippen LogP contribution in [0.15, 0.2) is 54.6 Å². The largest absolute Gasteiger partial charge is 0.362 e. The summed E-state index contributed by atoms with van der Waals surface area (Å²) in [6.45, 7) is 3.63. The fraction of sp³-hybridized carbons (Fsp3) is 0.350. The lowest BCUT2D eigenvalue weighted by Gasteiger charge is -2.30. The number of carbonyl (C=O) groups excluding carboxylic acids is 1. The maximum absolute atomic E-state index is 12.9. The Morgan fingerprint density at radius 2 is 1.88 bits per heavy atom. The highest BCUT2D eigenvalue weighted by atomic mass is 19.1. The summed E-state index contributed by atoms with van der Waals surface area (Å²) in [5, 5.41) is 0. The van der Waals surface area contributed by atoms with Crippen molar-refractivity contribution in [2.45, 2.75) is 18.9 Å². The van der Waals surface area contributed by atoms with E-state index in [0.717, 1.165) is 32.7 Å². The molecule has 1 aliphatic heterocycles. The lowest BCUT2D eigenvalue weighted by Crippen LogP contribution is -3.14. The van der Waals surface area contributed by atoms with Gasteiger partial charge in [-0.25, -0.2) is 4.39 Å². The molecule has 4 heteroatoms. The first-order valence-electron chi connectivity index (χ1n) is 8.51. The Morgan fingerprint density at radius 3 is 2.62 bits per heavy atom. The number of ether oxygens (including phenoxy) is 1. The van der Waals surface area contributed by atoms with Crippen LogP contribution in [-0.2, 0) is 4.74 Å². The minimum atomic E-state index is -0.309. The van der Waals surface area contributed by atoms with Crippen molar-refractivity contribution >= 4 is 5.78 Å². The zero-order valence-corrected chi connectivity index (χ0v) is 13.7. The molecule has 0 radical (unpaired) electrons. The van der Waals surface area contributed by atoms with E-state index in [-0.39, 0.29) is 17.7 Å². The second-order valence-electron chi connectivity index (χ2n) is 6.26. The Hall–Kier alpha value is -2.04. The van der Waals surface area contributed by atoms with Crippen molar-refractivity contribution < 1.29 is 18.8 Å². The van der Waals surface area contributed by atoms with Crippen LogP contribution in [0.3, 0.4) is 0 Å². The SMILES string of the molecule is O=C(CCC[NH+]1CCO[C@@H](c2ccccc2)C1)c1ccc(F)cc1. The fourth-order valence-electron chi connectivity index (χ4n) is 3.16. The Balaban J connectivity index is 1.46. The molecule has 3 nitrogen and oxygen atoms in total. The van der Waals surface area contributed by atoms with Crippen LogP contribution in [0.2, 0.25) is 0 Å². The van der Waals surface area contributed by atoms with E-state index in [0.29, 0.717) is 12.0 Å². The summed E-state index contributed by atoms with van der Waals surface area (Å²) < 4.78 is 18.8. The molecular weight excluding hydrogens is 305 g/mol. The predicted molar refractivity (Wildman–Crippen MR) is 90.7 cm³/mol. The molecule has 0 aliphatic carbocycles. The summed E-state index contributed by atoms with van der Waals surface area (Å²) in [6, 6.07) is 16.1. The lowest BCUT2D eigenvalue weighted by atomic mass is 10.1. The number of carbonyl (C=O) groups is 1. The number of hydrogen-bond donors (Lipinski definition) is 1. The quantitative estimate of drug-likeness (QED) is 0.826. The Bertz CT molecular complexity index is 657. The van der Waals surface area contributed by atoms with Crippen molar-refractivity contribution in [1.29, 1.82) is 0 Å². The van der Waals surface area contributed by atoms with Gasteiger partial charge in [0, 0.05) is 18.4 Å². The van der Waals surface area contributed by atoms with Crippen LogP contribution in [0.5, 0.6) is 0 Å². The number of Topliss-reactive ketones (excluding diaryl/α,β-unsaturated/α-hetero) is 1. The highest BCUT2D eigenvalue weighted by Crippen LogP contribution is 2.16. The Labute approximate surface area is 142 Å². The van der Waals surface area contributed by atoms with Crippen LogP contribution in [0.1, 0.15) is 34.9 Å². The first-order chi connectivity index (χ1) is 11.7. The number of nitrogens with one attached hydrogen (secondary N) is 1. The molecule has 2 aromatic rings. The van der Waals surface area contributed by atoms with Gasteiger partial charge in [0.15, 0.2) is 5.78 Å². The van der Waals surface area contributed by atoms with Crippen LogP contribution < -0.4 is 4.90 Å². The fourth-order valence-corrected chi connectivity index (χ4v) is 3.16. The zero-order chi connectivity index (χ0) is 16.8. The predicted octanol–water partition coefficient (Wildman–Crippen LogP) is 2.45. The van der Waals surface area contributed by atoms with Gasteiger partial charge >= 0.3 is 0 Å². The van der Waals surface area contributed by atoms with Gasteiger partial charge in [0.2, 0.25) is 0 Å². The van der Waals surface area contributed by atoms with Crippen molar-refractivity contribution in [2.75, 3.05) is 26.2 Å². The third-order valence-corrected chi connectivity index (χ3v) is 4.52. The zero-order valence-electron chi connectivity index (χ0n) is 13.7. The standard InChI is InChI=1S/C20H22FNO2/c21-18-10-8-16(9-11-18)19(23)7-4-12-22-13-14-24-20(15-22)17-5-2-1-3-6-17/h1-3,5-6,8-11,20H,4,7,12-15H2/p+1/t20-/m1/s1. The highest BCUT2D eigenvalue weighted by molar-refractivity contribution is 5.95. The van der Waals surface area contributed by atoms with Gasteiger partial charge < -0.3 is 9.64 Å². The molecule has 1 heterocycles. The number of rotatable bonds is 6. The normalized spacial score (nSPS) is 20.7. The monoisotopic (exact) mass is 328 g/mol. The number of benzene rings is 2. The van der Waals surface area contributed by atoms with Crippen molar-refractivity contribution in [3.8, 4) is 0 Å². The molecule has 0 aromatic heterocycles. The summed E-state index contributed by atoms with van der Waals surface area (Å²) in [6.07, 6.45) is 1.49. The molecule has 2 aromatic carbocycles. The smallest absolute Gasteiger partial charge is 0.163 e. The van der Waals surface area contributed by atoms with Crippen LogP contribution in [-0.4, -0.2) is 32.0 Å². The maximum atomic E-state index is 12.9. The third-order valence-electron chi connectivity index (χ3n) is 4.52. The van der Waals surface area contributed by atoms with E-state index < -0.39 is 0 Å². The average molecular weight is 328 g/mol. The van der Waals surface area contributed by atoms with Crippen LogP contribution >= 0.6 is 0 Å². The molecule has 1 fully saturated rings. The number of morpholine rings is 1. The van der Waals surface area contributed by atoms with Crippen molar-refractivity contribution in [3.05, 3.63) is 71.5 Å². The van der Waals surface area contributed by atoms with E-state index in [1.165, 1.54) is 22.6 Å². The topological polar surface area (TPSA) is 30.7 Å². The van der Waals surface area contributed by atoms with E-state index in [1.807, 2.05) is 18.2 Å². The van der Waals surface area contributed by atoms with Gasteiger partial charge in [-0.05, 0) is 29.8 Å². The molecule has 0 amide bonds. The van der Waals surface area contributed by atoms with Gasteiger partial charge in [-0.1, -0.05) is 30.3 Å². The van der Waals surface area contributed by atoms with E-state index in [9.17, 15) is 9.18 Å². The molecule has 126 valence electrons. The first-order valence-corrected chi connectivity index (χ1v) is 8.51. The van der Waals surface area contributed by atoms with E-state index in [1.54, 1.807) is 12.1 Å². The molecule has 1 aliphatic rings. The third kappa shape index (κ3) is 4.49. The van der Waals surface area contributed by atoms with Crippen molar-refractivity contribution in [3.63, 3.8) is 0 Å². The number of hydrogen-bond acceptors (Lipinski definition) is 2. The molecule has 3 rings (SSSR count). The van der Waals surface area contributed by atoms with Gasteiger partial charge in [0.1, 0.15) is 25.0 Å². The number of quaternary nitrogens is 1. The molecule has 24 heavy (non-hydrogen) atoms. The Morgan fingerprint density at radius 1 is 1.12 bits per heavy atom. The molecule has 0 saturated carbocycles. The second kappa shape index (κ2) is 8.18. The Kier molecular flexibility index (Phi) is 5.72. The molecule has 1 N–H and O–H groups in total. The molecular formula is C20H23FNO2+. The summed E-state index contributed by atoms with van der Waals surface area (Å²) in [5.74, 6) is -0.224. The molecule has 1 unspecified atom stereocenters.